The van der Waals surface area contributed by atoms with Crippen LogP contribution in [0.5, 0.6) is 0 Å². The molecule has 0 bridgehead atoms. The minimum atomic E-state index is -0.942. The first-order valence-corrected chi connectivity index (χ1v) is 7.43. The van der Waals surface area contributed by atoms with Crippen molar-refractivity contribution in [1.82, 2.24) is 10.6 Å². The molecule has 3 N–H and O–H groups in total. The van der Waals surface area contributed by atoms with Crippen LogP contribution in [-0.2, 0) is 9.59 Å². The molecule has 2 unspecified atom stereocenters. The van der Waals surface area contributed by atoms with Gasteiger partial charge in [0.2, 0.25) is 5.91 Å². The van der Waals surface area contributed by atoms with E-state index in [0.717, 1.165) is 12.2 Å². The first-order valence-electron chi connectivity index (χ1n) is 6.38. The molecule has 0 aromatic heterocycles. The van der Waals surface area contributed by atoms with Gasteiger partial charge in [0.1, 0.15) is 0 Å². The summed E-state index contributed by atoms with van der Waals surface area (Å²) in [5.74, 6) is -0.538. The number of nitrogens with one attached hydrogen (secondary N) is 2. The number of rotatable bonds is 6. The number of hydrogen-bond acceptors (Lipinski definition) is 4. The zero-order valence-electron chi connectivity index (χ0n) is 11.0. The summed E-state index contributed by atoms with van der Waals surface area (Å²) >= 11 is 1.83. The molecule has 0 spiro atoms. The molecule has 0 aromatic rings. The van der Waals surface area contributed by atoms with Gasteiger partial charge in [-0.15, -0.1) is 0 Å². The van der Waals surface area contributed by atoms with Gasteiger partial charge in [0.15, 0.2) is 0 Å². The van der Waals surface area contributed by atoms with Gasteiger partial charge < -0.3 is 10.4 Å². The fourth-order valence-electron chi connectivity index (χ4n) is 1.92. The zero-order valence-corrected chi connectivity index (χ0v) is 11.8. The van der Waals surface area contributed by atoms with Gasteiger partial charge in [0, 0.05) is 24.6 Å². The molecule has 108 valence electrons. The Balaban J connectivity index is 2.16. The van der Waals surface area contributed by atoms with Crippen molar-refractivity contribution in [2.75, 3.05) is 12.3 Å². The maximum atomic E-state index is 11.5. The number of thioether (sulfide) groups is 1. The zero-order chi connectivity index (χ0) is 14.3. The Morgan fingerprint density at radius 3 is 2.68 bits per heavy atom. The van der Waals surface area contributed by atoms with Gasteiger partial charge in [-0.2, -0.15) is 11.8 Å². The van der Waals surface area contributed by atoms with E-state index in [1.165, 1.54) is 6.42 Å². The van der Waals surface area contributed by atoms with Crippen LogP contribution in [0, 0.1) is 5.92 Å². The van der Waals surface area contributed by atoms with Crippen LogP contribution in [0.2, 0.25) is 0 Å². The first kappa shape index (κ1) is 15.8. The van der Waals surface area contributed by atoms with Crippen molar-refractivity contribution < 1.29 is 19.5 Å². The van der Waals surface area contributed by atoms with Crippen LogP contribution in [0.4, 0.5) is 4.79 Å². The molecule has 0 aromatic carbocycles. The molecule has 1 aliphatic heterocycles. The molecule has 0 aliphatic carbocycles. The van der Waals surface area contributed by atoms with Gasteiger partial charge in [0.25, 0.3) is 0 Å². The predicted molar refractivity (Wildman–Crippen MR) is 73.1 cm³/mol. The van der Waals surface area contributed by atoms with Crippen LogP contribution in [0.1, 0.15) is 32.6 Å². The van der Waals surface area contributed by atoms with Crippen molar-refractivity contribution in [2.45, 2.75) is 37.9 Å². The van der Waals surface area contributed by atoms with Crippen LogP contribution in [0.3, 0.4) is 0 Å². The quantitative estimate of drug-likeness (QED) is 0.683. The number of carboxylic acids is 1. The van der Waals surface area contributed by atoms with Crippen molar-refractivity contribution in [2.24, 2.45) is 5.92 Å². The lowest BCUT2D eigenvalue weighted by atomic mass is 10.0. The van der Waals surface area contributed by atoms with E-state index in [2.05, 4.69) is 10.6 Å². The molecule has 1 fully saturated rings. The Labute approximate surface area is 116 Å². The van der Waals surface area contributed by atoms with Gasteiger partial charge in [-0.05, 0) is 24.5 Å². The number of aliphatic carboxylic acids is 1. The summed E-state index contributed by atoms with van der Waals surface area (Å²) < 4.78 is 0. The SMILES string of the molecule is CC(CC(=O)O)CC(=O)NC(=O)NCC1CCCS1. The fraction of sp³-hybridized carbons (Fsp3) is 0.750. The largest absolute Gasteiger partial charge is 0.481 e. The van der Waals surface area contributed by atoms with E-state index in [4.69, 9.17) is 5.11 Å². The van der Waals surface area contributed by atoms with Crippen molar-refractivity contribution >= 4 is 29.7 Å². The summed E-state index contributed by atoms with van der Waals surface area (Å²) in [7, 11) is 0. The highest BCUT2D eigenvalue weighted by Crippen LogP contribution is 2.25. The second-order valence-electron chi connectivity index (χ2n) is 4.80. The van der Waals surface area contributed by atoms with E-state index in [-0.39, 0.29) is 18.8 Å². The molecule has 6 nitrogen and oxygen atoms in total. The van der Waals surface area contributed by atoms with Crippen LogP contribution in [0.25, 0.3) is 0 Å². The minimum Gasteiger partial charge on any atom is -0.481 e. The molecule has 7 heteroatoms. The van der Waals surface area contributed by atoms with E-state index >= 15 is 0 Å². The summed E-state index contributed by atoms with van der Waals surface area (Å²) in [5.41, 5.74) is 0. The number of carbonyl (C=O) groups is 3. The predicted octanol–water partition coefficient (Wildman–Crippen LogP) is 1.21. The number of urea groups is 1. The third-order valence-electron chi connectivity index (χ3n) is 2.82. The highest BCUT2D eigenvalue weighted by Gasteiger charge is 2.18. The highest BCUT2D eigenvalue weighted by molar-refractivity contribution is 8.00. The standard InChI is InChI=1S/C12H20N2O4S/c1-8(6-11(16)17)5-10(15)14-12(18)13-7-9-3-2-4-19-9/h8-9H,2-7H2,1H3,(H,16,17)(H2,13,14,15,18). The molecule has 3 amide bonds. The molecular weight excluding hydrogens is 268 g/mol. The van der Waals surface area contributed by atoms with Crippen LogP contribution in [-0.4, -0.2) is 40.6 Å². The second-order valence-corrected chi connectivity index (χ2v) is 6.21. The average Bonchev–Trinajstić information content (AvgIpc) is 2.77. The fourth-order valence-corrected chi connectivity index (χ4v) is 3.12. The molecular formula is C12H20N2O4S. The smallest absolute Gasteiger partial charge is 0.321 e. The second kappa shape index (κ2) is 8.04. The van der Waals surface area contributed by atoms with E-state index in [0.29, 0.717) is 11.8 Å². The van der Waals surface area contributed by atoms with E-state index in [9.17, 15) is 14.4 Å². The normalized spacial score (nSPS) is 19.7. The Kier molecular flexibility index (Phi) is 6.69. The van der Waals surface area contributed by atoms with Crippen molar-refractivity contribution in [3.8, 4) is 0 Å². The van der Waals surface area contributed by atoms with Gasteiger partial charge in [0.05, 0.1) is 0 Å². The Hall–Kier alpha value is -1.24. The van der Waals surface area contributed by atoms with Gasteiger partial charge in [-0.25, -0.2) is 4.79 Å². The summed E-state index contributed by atoms with van der Waals surface area (Å²) in [6.45, 7) is 2.23. The molecule has 1 rings (SSSR count). The molecule has 1 saturated heterocycles. The first-order chi connectivity index (χ1) is 8.97. The maximum absolute atomic E-state index is 11.5. The highest BCUT2D eigenvalue weighted by atomic mass is 32.2. The number of carbonyl (C=O) groups excluding carboxylic acids is 2. The molecule has 2 atom stereocenters. The van der Waals surface area contributed by atoms with Gasteiger partial charge >= 0.3 is 12.0 Å². The number of hydrogen-bond donors (Lipinski definition) is 3. The van der Waals surface area contributed by atoms with Crippen LogP contribution < -0.4 is 10.6 Å². The number of imide groups is 1. The van der Waals surface area contributed by atoms with Gasteiger partial charge in [-0.3, -0.25) is 14.9 Å². The Morgan fingerprint density at radius 2 is 2.11 bits per heavy atom. The van der Waals surface area contributed by atoms with Crippen LogP contribution in [0.15, 0.2) is 0 Å². The molecule has 0 radical (unpaired) electrons. The minimum absolute atomic E-state index is 0.0396. The van der Waals surface area contributed by atoms with Crippen molar-refractivity contribution in [3.63, 3.8) is 0 Å². The van der Waals surface area contributed by atoms with Crippen molar-refractivity contribution in [3.05, 3.63) is 0 Å². The average molecular weight is 288 g/mol. The summed E-state index contributed by atoms with van der Waals surface area (Å²) in [5, 5.41) is 13.9. The molecule has 19 heavy (non-hydrogen) atoms. The lowest BCUT2D eigenvalue weighted by Crippen LogP contribution is -2.42. The van der Waals surface area contributed by atoms with Crippen molar-refractivity contribution in [1.29, 1.82) is 0 Å². The summed E-state index contributed by atoms with van der Waals surface area (Å²) in [4.78, 5) is 33.4. The van der Waals surface area contributed by atoms with E-state index < -0.39 is 17.9 Å². The Morgan fingerprint density at radius 1 is 1.37 bits per heavy atom. The van der Waals surface area contributed by atoms with Crippen LogP contribution >= 0.6 is 11.8 Å². The maximum Gasteiger partial charge on any atom is 0.321 e. The molecule has 0 saturated carbocycles. The topological polar surface area (TPSA) is 95.5 Å². The lowest BCUT2D eigenvalue weighted by molar-refractivity contribution is -0.138. The van der Waals surface area contributed by atoms with E-state index in [1.54, 1.807) is 6.92 Å². The number of carboxylic acid groups (broad SMARTS) is 1. The monoisotopic (exact) mass is 288 g/mol. The Bertz CT molecular complexity index is 343. The lowest BCUT2D eigenvalue weighted by Gasteiger charge is -2.12. The third kappa shape index (κ3) is 7.05. The summed E-state index contributed by atoms with van der Waals surface area (Å²) in [6, 6.07) is -0.500. The van der Waals surface area contributed by atoms with E-state index in [1.807, 2.05) is 11.8 Å². The molecule has 1 heterocycles. The summed E-state index contributed by atoms with van der Waals surface area (Å²) in [6.07, 6.45) is 2.23. The number of amides is 3. The molecule has 1 aliphatic rings. The third-order valence-corrected chi connectivity index (χ3v) is 4.22. The van der Waals surface area contributed by atoms with Gasteiger partial charge in [-0.1, -0.05) is 6.92 Å².